The molecule has 1 rings (SSSR count). The molecule has 0 spiro atoms. The van der Waals surface area contributed by atoms with E-state index in [0.717, 1.165) is 0 Å². The summed E-state index contributed by atoms with van der Waals surface area (Å²) in [5, 5.41) is 27.7. The van der Waals surface area contributed by atoms with E-state index in [-0.39, 0.29) is 0 Å². The summed E-state index contributed by atoms with van der Waals surface area (Å²) >= 11 is 0. The maximum Gasteiger partial charge on any atom is 0.186 e. The topological polar surface area (TPSA) is 79.2 Å². The van der Waals surface area contributed by atoms with Crippen molar-refractivity contribution in [3.05, 3.63) is 0 Å². The molecule has 1 aliphatic rings. The third-order valence-corrected chi connectivity index (χ3v) is 1.96. The average Bonchev–Trinajstić information content (AvgIpc) is 2.30. The first-order valence-electron chi connectivity index (χ1n) is 3.80. The fraction of sp³-hybridized carbons (Fsp3) is 1.00. The normalized spacial score (nSPS) is 44.8. The summed E-state index contributed by atoms with van der Waals surface area (Å²) in [4.78, 5) is 0. The van der Waals surface area contributed by atoms with Crippen LogP contribution in [0.3, 0.4) is 0 Å². The predicted octanol–water partition coefficient (Wildman–Crippen LogP) is -1.54. The second kappa shape index (κ2) is 3.68. The zero-order valence-electron chi connectivity index (χ0n) is 7.04. The van der Waals surface area contributed by atoms with Gasteiger partial charge in [0.05, 0.1) is 6.10 Å². The number of ether oxygens (including phenoxy) is 2. The van der Waals surface area contributed by atoms with Crippen molar-refractivity contribution in [3.8, 4) is 0 Å². The summed E-state index contributed by atoms with van der Waals surface area (Å²) in [7, 11) is 1.37. The SMILES string of the molecule is COC1O[C@@H]([C@H](C)O)[C@@H](O)[C@H]1O. The van der Waals surface area contributed by atoms with Gasteiger partial charge in [0, 0.05) is 7.11 Å². The number of methoxy groups -OCH3 is 1. The van der Waals surface area contributed by atoms with Crippen LogP contribution in [-0.4, -0.2) is 53.1 Å². The molecule has 0 radical (unpaired) electrons. The van der Waals surface area contributed by atoms with Crippen LogP contribution in [0.15, 0.2) is 0 Å². The standard InChI is InChI=1S/C7H14O5/c1-3(8)6-4(9)5(10)7(11-2)12-6/h3-10H,1-2H3/t3-,4-,5+,6-,7?/m0/s1. The molecule has 3 N–H and O–H groups in total. The van der Waals surface area contributed by atoms with Gasteiger partial charge in [-0.3, -0.25) is 0 Å². The van der Waals surface area contributed by atoms with Crippen LogP contribution in [0.2, 0.25) is 0 Å². The molecule has 72 valence electrons. The number of aliphatic hydroxyl groups is 3. The molecular formula is C7H14O5. The third kappa shape index (κ3) is 1.60. The van der Waals surface area contributed by atoms with E-state index in [1.54, 1.807) is 0 Å². The predicted molar refractivity (Wildman–Crippen MR) is 39.4 cm³/mol. The molecule has 5 nitrogen and oxygen atoms in total. The van der Waals surface area contributed by atoms with E-state index in [1.807, 2.05) is 0 Å². The molecule has 0 amide bonds. The Hall–Kier alpha value is -0.200. The van der Waals surface area contributed by atoms with Crippen molar-refractivity contribution >= 4 is 0 Å². The maximum absolute atomic E-state index is 9.31. The smallest absolute Gasteiger partial charge is 0.186 e. The van der Waals surface area contributed by atoms with Crippen molar-refractivity contribution in [1.82, 2.24) is 0 Å². The summed E-state index contributed by atoms with van der Waals surface area (Å²) in [6.45, 7) is 1.48. The molecule has 12 heavy (non-hydrogen) atoms. The minimum Gasteiger partial charge on any atom is -0.391 e. The Balaban J connectivity index is 2.60. The van der Waals surface area contributed by atoms with E-state index in [0.29, 0.717) is 0 Å². The summed E-state index contributed by atoms with van der Waals surface area (Å²) in [6.07, 6.45) is -4.62. The minimum atomic E-state index is -1.09. The lowest BCUT2D eigenvalue weighted by Crippen LogP contribution is -2.37. The summed E-state index contributed by atoms with van der Waals surface area (Å²) < 4.78 is 9.76. The van der Waals surface area contributed by atoms with Gasteiger partial charge < -0.3 is 24.8 Å². The van der Waals surface area contributed by atoms with Crippen molar-refractivity contribution < 1.29 is 24.8 Å². The van der Waals surface area contributed by atoms with E-state index >= 15 is 0 Å². The number of hydrogen-bond donors (Lipinski definition) is 3. The van der Waals surface area contributed by atoms with Crippen LogP contribution in [0.5, 0.6) is 0 Å². The molecule has 0 aliphatic carbocycles. The van der Waals surface area contributed by atoms with Crippen molar-refractivity contribution in [2.45, 2.75) is 37.6 Å². The van der Waals surface area contributed by atoms with Gasteiger partial charge in [-0.25, -0.2) is 0 Å². The first-order chi connectivity index (χ1) is 5.57. The Labute approximate surface area is 70.5 Å². The van der Waals surface area contributed by atoms with E-state index < -0.39 is 30.7 Å². The highest BCUT2D eigenvalue weighted by Crippen LogP contribution is 2.23. The van der Waals surface area contributed by atoms with Gasteiger partial charge in [0.2, 0.25) is 0 Å². The lowest BCUT2D eigenvalue weighted by Gasteiger charge is -2.16. The van der Waals surface area contributed by atoms with Crippen LogP contribution in [0, 0.1) is 0 Å². The van der Waals surface area contributed by atoms with Crippen LogP contribution >= 0.6 is 0 Å². The fourth-order valence-corrected chi connectivity index (χ4v) is 1.27. The lowest BCUT2D eigenvalue weighted by atomic mass is 10.1. The summed E-state index contributed by atoms with van der Waals surface area (Å²) in [5.74, 6) is 0. The minimum absolute atomic E-state index is 0.773. The van der Waals surface area contributed by atoms with Gasteiger partial charge in [-0.1, -0.05) is 0 Å². The molecule has 0 aromatic carbocycles. The molecule has 0 bridgehead atoms. The second-order valence-corrected chi connectivity index (χ2v) is 2.93. The second-order valence-electron chi connectivity index (χ2n) is 2.93. The van der Waals surface area contributed by atoms with Crippen LogP contribution in [0.1, 0.15) is 6.92 Å². The van der Waals surface area contributed by atoms with E-state index in [1.165, 1.54) is 14.0 Å². The fourth-order valence-electron chi connectivity index (χ4n) is 1.27. The average molecular weight is 178 g/mol. The Morgan fingerprint density at radius 2 is 1.92 bits per heavy atom. The van der Waals surface area contributed by atoms with Gasteiger partial charge in [0.25, 0.3) is 0 Å². The van der Waals surface area contributed by atoms with Gasteiger partial charge >= 0.3 is 0 Å². The van der Waals surface area contributed by atoms with Gasteiger partial charge in [-0.2, -0.15) is 0 Å². The maximum atomic E-state index is 9.31. The van der Waals surface area contributed by atoms with Gasteiger partial charge in [0.15, 0.2) is 6.29 Å². The molecule has 1 unspecified atom stereocenters. The molecule has 1 aliphatic heterocycles. The van der Waals surface area contributed by atoms with E-state index in [9.17, 15) is 10.2 Å². The Morgan fingerprint density at radius 1 is 1.33 bits per heavy atom. The highest BCUT2D eigenvalue weighted by Gasteiger charge is 2.44. The molecule has 1 fully saturated rings. The molecule has 0 aromatic rings. The quantitative estimate of drug-likeness (QED) is 0.477. The van der Waals surface area contributed by atoms with Crippen LogP contribution in [0.25, 0.3) is 0 Å². The largest absolute Gasteiger partial charge is 0.391 e. The third-order valence-electron chi connectivity index (χ3n) is 1.96. The molecular weight excluding hydrogens is 164 g/mol. The van der Waals surface area contributed by atoms with Crippen molar-refractivity contribution in [2.24, 2.45) is 0 Å². The Kier molecular flexibility index (Phi) is 3.03. The number of rotatable bonds is 2. The van der Waals surface area contributed by atoms with Gasteiger partial charge in [-0.05, 0) is 6.92 Å². The van der Waals surface area contributed by atoms with Crippen molar-refractivity contribution in [1.29, 1.82) is 0 Å². The van der Waals surface area contributed by atoms with Crippen molar-refractivity contribution in [2.75, 3.05) is 7.11 Å². The lowest BCUT2D eigenvalue weighted by molar-refractivity contribution is -0.161. The Bertz CT molecular complexity index is 149. The number of aliphatic hydroxyl groups excluding tert-OH is 3. The monoisotopic (exact) mass is 178 g/mol. The van der Waals surface area contributed by atoms with Crippen LogP contribution in [0.4, 0.5) is 0 Å². The molecule has 0 saturated carbocycles. The van der Waals surface area contributed by atoms with Gasteiger partial charge in [-0.15, -0.1) is 0 Å². The van der Waals surface area contributed by atoms with Crippen LogP contribution < -0.4 is 0 Å². The molecule has 5 heteroatoms. The first-order valence-corrected chi connectivity index (χ1v) is 3.80. The molecule has 5 atom stereocenters. The first kappa shape index (κ1) is 9.88. The van der Waals surface area contributed by atoms with Gasteiger partial charge in [0.1, 0.15) is 18.3 Å². The zero-order chi connectivity index (χ0) is 9.30. The molecule has 1 saturated heterocycles. The summed E-state index contributed by atoms with van der Waals surface area (Å²) in [6, 6.07) is 0. The van der Waals surface area contributed by atoms with E-state index in [2.05, 4.69) is 0 Å². The summed E-state index contributed by atoms with van der Waals surface area (Å²) in [5.41, 5.74) is 0. The highest BCUT2D eigenvalue weighted by atomic mass is 16.7. The van der Waals surface area contributed by atoms with Crippen LogP contribution in [-0.2, 0) is 9.47 Å². The van der Waals surface area contributed by atoms with E-state index in [4.69, 9.17) is 14.6 Å². The zero-order valence-corrected chi connectivity index (χ0v) is 7.04. The number of hydrogen-bond acceptors (Lipinski definition) is 5. The highest BCUT2D eigenvalue weighted by molar-refractivity contribution is 4.89. The molecule has 0 aromatic heterocycles. The molecule has 1 heterocycles. The Morgan fingerprint density at radius 3 is 2.17 bits per heavy atom. The van der Waals surface area contributed by atoms with Crippen molar-refractivity contribution in [3.63, 3.8) is 0 Å².